The van der Waals surface area contributed by atoms with Crippen LogP contribution in [-0.4, -0.2) is 25.3 Å². The molecule has 1 rings (SSSR count). The molecule has 0 aromatic carbocycles. The van der Waals surface area contributed by atoms with Crippen molar-refractivity contribution in [3.05, 3.63) is 0 Å². The highest BCUT2D eigenvalue weighted by Gasteiger charge is 2.39. The summed E-state index contributed by atoms with van der Waals surface area (Å²) in [6.45, 7) is 16.7. The Kier molecular flexibility index (Phi) is 6.32. The number of ether oxygens (including phenoxy) is 1. The number of nitrogens with one attached hydrogen (secondary N) is 1. The topological polar surface area (TPSA) is 21.3 Å². The largest absolute Gasteiger partial charge is 0.373 e. The Morgan fingerprint density at radius 3 is 2.21 bits per heavy atom. The molecule has 1 aliphatic carbocycles. The van der Waals surface area contributed by atoms with Crippen molar-refractivity contribution in [1.82, 2.24) is 5.32 Å². The third-order valence-corrected chi connectivity index (χ3v) is 4.54. The van der Waals surface area contributed by atoms with Crippen molar-refractivity contribution in [3.63, 3.8) is 0 Å². The lowest BCUT2D eigenvalue weighted by Gasteiger charge is -2.44. The van der Waals surface area contributed by atoms with Gasteiger partial charge in [-0.3, -0.25) is 0 Å². The molecule has 114 valence electrons. The van der Waals surface area contributed by atoms with Crippen LogP contribution in [0.4, 0.5) is 0 Å². The van der Waals surface area contributed by atoms with Gasteiger partial charge in [0.1, 0.15) is 0 Å². The third-order valence-electron chi connectivity index (χ3n) is 4.54. The Labute approximate surface area is 120 Å². The summed E-state index contributed by atoms with van der Waals surface area (Å²) in [5.41, 5.74) is 0.546. The zero-order valence-electron chi connectivity index (χ0n) is 14.0. The minimum Gasteiger partial charge on any atom is -0.373 e. The summed E-state index contributed by atoms with van der Waals surface area (Å²) >= 11 is 0. The van der Waals surface area contributed by atoms with Crippen LogP contribution >= 0.6 is 0 Å². The van der Waals surface area contributed by atoms with Gasteiger partial charge in [0.05, 0.1) is 5.60 Å². The highest BCUT2D eigenvalue weighted by molar-refractivity contribution is 4.92. The Balaban J connectivity index is 2.58. The van der Waals surface area contributed by atoms with E-state index in [-0.39, 0.29) is 5.60 Å². The second-order valence-electron chi connectivity index (χ2n) is 7.81. The summed E-state index contributed by atoms with van der Waals surface area (Å²) in [7, 11) is 0. The molecule has 2 heteroatoms. The van der Waals surface area contributed by atoms with E-state index >= 15 is 0 Å². The first-order valence-corrected chi connectivity index (χ1v) is 8.14. The molecule has 1 saturated carbocycles. The van der Waals surface area contributed by atoms with Gasteiger partial charge in [-0.05, 0) is 49.5 Å². The minimum absolute atomic E-state index is 0.0992. The summed E-state index contributed by atoms with van der Waals surface area (Å²) in [4.78, 5) is 0. The van der Waals surface area contributed by atoms with Gasteiger partial charge in [-0.1, -0.05) is 41.5 Å². The first-order chi connectivity index (χ1) is 8.79. The standard InChI is InChI=1S/C17H35NO/c1-7-18-13-17(19-12-14(2)3)10-8-15(9-11-17)16(4,5)6/h14-15,18H,7-13H2,1-6H3. The average molecular weight is 269 g/mol. The van der Waals surface area contributed by atoms with Crippen molar-refractivity contribution < 1.29 is 4.74 Å². The van der Waals surface area contributed by atoms with Crippen molar-refractivity contribution in [2.45, 2.75) is 72.8 Å². The molecule has 0 aliphatic heterocycles. The molecular formula is C17H35NO. The zero-order chi connectivity index (χ0) is 14.5. The van der Waals surface area contributed by atoms with Crippen molar-refractivity contribution in [3.8, 4) is 0 Å². The van der Waals surface area contributed by atoms with E-state index in [9.17, 15) is 0 Å². The highest BCUT2D eigenvalue weighted by atomic mass is 16.5. The predicted molar refractivity (Wildman–Crippen MR) is 83.5 cm³/mol. The summed E-state index contributed by atoms with van der Waals surface area (Å²) in [5, 5.41) is 3.51. The van der Waals surface area contributed by atoms with Crippen LogP contribution in [0.2, 0.25) is 0 Å². The van der Waals surface area contributed by atoms with Crippen LogP contribution in [0.1, 0.15) is 67.2 Å². The quantitative estimate of drug-likeness (QED) is 0.778. The van der Waals surface area contributed by atoms with Gasteiger partial charge in [0.25, 0.3) is 0 Å². The average Bonchev–Trinajstić information content (AvgIpc) is 2.34. The number of rotatable bonds is 6. The lowest BCUT2D eigenvalue weighted by molar-refractivity contribution is -0.0925. The SMILES string of the molecule is CCNCC1(OCC(C)C)CCC(C(C)(C)C)CC1. The molecule has 1 N–H and O–H groups in total. The Morgan fingerprint density at radius 2 is 1.79 bits per heavy atom. The van der Waals surface area contributed by atoms with Gasteiger partial charge in [-0.15, -0.1) is 0 Å². The van der Waals surface area contributed by atoms with Gasteiger partial charge < -0.3 is 10.1 Å². The fraction of sp³-hybridized carbons (Fsp3) is 1.00. The molecular weight excluding hydrogens is 234 g/mol. The Bertz CT molecular complexity index is 246. The van der Waals surface area contributed by atoms with Gasteiger partial charge in [0.15, 0.2) is 0 Å². The highest BCUT2D eigenvalue weighted by Crippen LogP contribution is 2.42. The van der Waals surface area contributed by atoms with E-state index in [2.05, 4.69) is 46.9 Å². The second-order valence-corrected chi connectivity index (χ2v) is 7.81. The zero-order valence-corrected chi connectivity index (χ0v) is 14.0. The Morgan fingerprint density at radius 1 is 1.21 bits per heavy atom. The lowest BCUT2D eigenvalue weighted by atomic mass is 9.68. The fourth-order valence-corrected chi connectivity index (χ4v) is 3.08. The molecule has 19 heavy (non-hydrogen) atoms. The van der Waals surface area contributed by atoms with Crippen LogP contribution in [0.3, 0.4) is 0 Å². The van der Waals surface area contributed by atoms with Crippen LogP contribution in [-0.2, 0) is 4.74 Å². The van der Waals surface area contributed by atoms with Gasteiger partial charge in [0, 0.05) is 13.2 Å². The van der Waals surface area contributed by atoms with Gasteiger partial charge in [-0.25, -0.2) is 0 Å². The third kappa shape index (κ3) is 5.43. The summed E-state index contributed by atoms with van der Waals surface area (Å²) < 4.78 is 6.33. The van der Waals surface area contributed by atoms with Crippen LogP contribution < -0.4 is 5.32 Å². The first kappa shape index (κ1) is 17.0. The summed E-state index contributed by atoms with van der Waals surface area (Å²) in [6.07, 6.45) is 5.06. The first-order valence-electron chi connectivity index (χ1n) is 8.14. The number of hydrogen-bond acceptors (Lipinski definition) is 2. The smallest absolute Gasteiger partial charge is 0.0806 e. The van der Waals surface area contributed by atoms with Crippen molar-refractivity contribution in [1.29, 1.82) is 0 Å². The number of likely N-dealkylation sites (N-methyl/N-ethyl adjacent to an activating group) is 1. The molecule has 0 amide bonds. The maximum atomic E-state index is 6.33. The fourth-order valence-electron chi connectivity index (χ4n) is 3.08. The maximum Gasteiger partial charge on any atom is 0.0806 e. The second kappa shape index (κ2) is 7.08. The molecule has 0 radical (unpaired) electrons. The Hall–Kier alpha value is -0.0800. The molecule has 0 heterocycles. The monoisotopic (exact) mass is 269 g/mol. The van der Waals surface area contributed by atoms with E-state index in [0.717, 1.165) is 25.6 Å². The molecule has 0 saturated heterocycles. The van der Waals surface area contributed by atoms with E-state index in [4.69, 9.17) is 4.74 Å². The van der Waals surface area contributed by atoms with Crippen LogP contribution in [0.5, 0.6) is 0 Å². The van der Waals surface area contributed by atoms with Crippen molar-refractivity contribution in [2.24, 2.45) is 17.3 Å². The predicted octanol–water partition coefficient (Wildman–Crippen LogP) is 4.24. The minimum atomic E-state index is 0.0992. The van der Waals surface area contributed by atoms with Crippen LogP contribution in [0.25, 0.3) is 0 Å². The molecule has 2 nitrogen and oxygen atoms in total. The van der Waals surface area contributed by atoms with Crippen LogP contribution in [0.15, 0.2) is 0 Å². The lowest BCUT2D eigenvalue weighted by Crippen LogP contribution is -2.47. The summed E-state index contributed by atoms with van der Waals surface area (Å²) in [5.74, 6) is 1.48. The molecule has 0 unspecified atom stereocenters. The molecule has 0 atom stereocenters. The van der Waals surface area contributed by atoms with E-state index in [1.165, 1.54) is 25.7 Å². The van der Waals surface area contributed by atoms with Gasteiger partial charge in [0.2, 0.25) is 0 Å². The molecule has 0 bridgehead atoms. The molecule has 0 spiro atoms. The number of hydrogen-bond donors (Lipinski definition) is 1. The normalized spacial score (nSPS) is 28.9. The summed E-state index contributed by atoms with van der Waals surface area (Å²) in [6, 6.07) is 0. The molecule has 1 aliphatic rings. The maximum absolute atomic E-state index is 6.33. The molecule has 1 fully saturated rings. The van der Waals surface area contributed by atoms with Gasteiger partial charge >= 0.3 is 0 Å². The van der Waals surface area contributed by atoms with Crippen molar-refractivity contribution >= 4 is 0 Å². The van der Waals surface area contributed by atoms with Crippen LogP contribution in [0, 0.1) is 17.3 Å². The van der Waals surface area contributed by atoms with E-state index < -0.39 is 0 Å². The van der Waals surface area contributed by atoms with E-state index in [0.29, 0.717) is 11.3 Å². The molecule has 0 aromatic heterocycles. The van der Waals surface area contributed by atoms with E-state index in [1.807, 2.05) is 0 Å². The van der Waals surface area contributed by atoms with Gasteiger partial charge in [-0.2, -0.15) is 0 Å². The van der Waals surface area contributed by atoms with Crippen molar-refractivity contribution in [2.75, 3.05) is 19.7 Å². The molecule has 0 aromatic rings. The van der Waals surface area contributed by atoms with E-state index in [1.54, 1.807) is 0 Å².